The SMILES string of the molecule is C=C1Oc2ccc(Nc3nc(Nc4ccc(N5CCN(C)CC5)cc4)ncc3C)cc2N(CC)C1=O. The normalized spacial score (nSPS) is 16.0. The second-order valence-electron chi connectivity index (χ2n) is 9.07. The quantitative estimate of drug-likeness (QED) is 0.501. The molecule has 2 aromatic carbocycles. The number of nitrogens with zero attached hydrogens (tertiary/aromatic N) is 5. The molecule has 1 saturated heterocycles. The van der Waals surface area contributed by atoms with Crippen LogP contribution >= 0.6 is 0 Å². The summed E-state index contributed by atoms with van der Waals surface area (Å²) in [7, 11) is 2.16. The summed E-state index contributed by atoms with van der Waals surface area (Å²) in [5, 5.41) is 6.66. The van der Waals surface area contributed by atoms with Gasteiger partial charge in [-0.1, -0.05) is 6.58 Å². The smallest absolute Gasteiger partial charge is 0.293 e. The number of nitrogens with one attached hydrogen (secondary N) is 2. The van der Waals surface area contributed by atoms with Gasteiger partial charge in [-0.25, -0.2) is 4.98 Å². The highest BCUT2D eigenvalue weighted by Crippen LogP contribution is 2.37. The van der Waals surface area contributed by atoms with E-state index in [9.17, 15) is 4.79 Å². The lowest BCUT2D eigenvalue weighted by Gasteiger charge is -2.34. The van der Waals surface area contributed by atoms with Crippen molar-refractivity contribution in [3.05, 3.63) is 66.6 Å². The maximum atomic E-state index is 12.4. The highest BCUT2D eigenvalue weighted by atomic mass is 16.5. The Morgan fingerprint density at radius 2 is 1.75 bits per heavy atom. The molecule has 36 heavy (non-hydrogen) atoms. The number of hydrogen-bond donors (Lipinski definition) is 2. The Kier molecular flexibility index (Phi) is 6.47. The van der Waals surface area contributed by atoms with Gasteiger partial charge in [-0.15, -0.1) is 0 Å². The van der Waals surface area contributed by atoms with Gasteiger partial charge < -0.3 is 30.1 Å². The molecule has 5 rings (SSSR count). The van der Waals surface area contributed by atoms with Gasteiger partial charge >= 0.3 is 0 Å². The monoisotopic (exact) mass is 485 g/mol. The number of aromatic nitrogens is 2. The van der Waals surface area contributed by atoms with Gasteiger partial charge in [0.1, 0.15) is 5.82 Å². The number of carbonyl (C=O) groups excluding carboxylic acids is 1. The van der Waals surface area contributed by atoms with Gasteiger partial charge in [-0.3, -0.25) is 4.79 Å². The molecule has 0 atom stereocenters. The van der Waals surface area contributed by atoms with Gasteiger partial charge in [0.25, 0.3) is 5.91 Å². The Labute approximate surface area is 211 Å². The van der Waals surface area contributed by atoms with Crippen LogP contribution in [0.1, 0.15) is 12.5 Å². The highest BCUT2D eigenvalue weighted by molar-refractivity contribution is 6.07. The van der Waals surface area contributed by atoms with Crippen LogP contribution in [0.3, 0.4) is 0 Å². The van der Waals surface area contributed by atoms with Crippen molar-refractivity contribution >= 4 is 40.4 Å². The van der Waals surface area contributed by atoms with Gasteiger partial charge in [0.15, 0.2) is 11.5 Å². The first kappa shape index (κ1) is 23.6. The number of piperazine rings is 1. The van der Waals surface area contributed by atoms with Crippen molar-refractivity contribution < 1.29 is 9.53 Å². The third-order valence-corrected chi connectivity index (χ3v) is 6.51. The summed E-state index contributed by atoms with van der Waals surface area (Å²) in [5.74, 6) is 1.68. The fraction of sp³-hybridized carbons (Fsp3) is 0.296. The predicted octanol–water partition coefficient (Wildman–Crippen LogP) is 4.28. The Balaban J connectivity index is 1.31. The lowest BCUT2D eigenvalue weighted by atomic mass is 10.2. The number of aryl methyl sites for hydroxylation is 1. The van der Waals surface area contributed by atoms with Crippen molar-refractivity contribution in [1.82, 2.24) is 14.9 Å². The molecule has 0 aliphatic carbocycles. The summed E-state index contributed by atoms with van der Waals surface area (Å²) < 4.78 is 5.59. The maximum Gasteiger partial charge on any atom is 0.293 e. The molecule has 0 radical (unpaired) electrons. The molecule has 1 amide bonds. The molecule has 3 heterocycles. The number of ether oxygens (including phenoxy) is 1. The summed E-state index contributed by atoms with van der Waals surface area (Å²) in [6.07, 6.45) is 1.78. The fourth-order valence-electron chi connectivity index (χ4n) is 4.36. The van der Waals surface area contributed by atoms with Gasteiger partial charge in [-0.2, -0.15) is 4.98 Å². The largest absolute Gasteiger partial charge is 0.450 e. The van der Waals surface area contributed by atoms with Gasteiger partial charge in [0, 0.05) is 61.5 Å². The van der Waals surface area contributed by atoms with Crippen molar-refractivity contribution in [2.45, 2.75) is 13.8 Å². The van der Waals surface area contributed by atoms with E-state index in [1.165, 1.54) is 5.69 Å². The van der Waals surface area contributed by atoms with Gasteiger partial charge in [-0.05, 0) is 63.4 Å². The number of rotatable bonds is 6. The van der Waals surface area contributed by atoms with E-state index in [2.05, 4.69) is 68.3 Å². The number of fused-ring (bicyclic) bond motifs is 1. The van der Waals surface area contributed by atoms with Crippen LogP contribution in [0.2, 0.25) is 0 Å². The predicted molar refractivity (Wildman–Crippen MR) is 144 cm³/mol. The van der Waals surface area contributed by atoms with Crippen molar-refractivity contribution in [3.8, 4) is 5.75 Å². The van der Waals surface area contributed by atoms with Crippen molar-refractivity contribution in [1.29, 1.82) is 0 Å². The van der Waals surface area contributed by atoms with Crippen LogP contribution in [0, 0.1) is 6.92 Å². The lowest BCUT2D eigenvalue weighted by Crippen LogP contribution is -2.44. The highest BCUT2D eigenvalue weighted by Gasteiger charge is 2.28. The molecule has 9 nitrogen and oxygen atoms in total. The minimum atomic E-state index is -0.231. The summed E-state index contributed by atoms with van der Waals surface area (Å²) in [5.41, 5.74) is 4.54. The van der Waals surface area contributed by atoms with E-state index >= 15 is 0 Å². The van der Waals surface area contributed by atoms with Crippen molar-refractivity contribution in [2.75, 3.05) is 60.2 Å². The molecule has 0 saturated carbocycles. The third-order valence-electron chi connectivity index (χ3n) is 6.51. The zero-order valence-corrected chi connectivity index (χ0v) is 20.9. The Morgan fingerprint density at radius 3 is 2.47 bits per heavy atom. The van der Waals surface area contributed by atoms with E-state index in [0.717, 1.165) is 43.1 Å². The Hall–Kier alpha value is -4.11. The topological polar surface area (TPSA) is 85.9 Å². The molecule has 0 spiro atoms. The zero-order chi connectivity index (χ0) is 25.2. The lowest BCUT2D eigenvalue weighted by molar-refractivity contribution is -0.117. The summed E-state index contributed by atoms with van der Waals surface area (Å²) in [4.78, 5) is 28.0. The van der Waals surface area contributed by atoms with Crippen LogP contribution < -0.4 is 25.2 Å². The molecule has 2 aliphatic heterocycles. The molecular formula is C27H31N7O2. The number of anilines is 6. The first-order valence-electron chi connectivity index (χ1n) is 12.1. The minimum absolute atomic E-state index is 0.129. The first-order chi connectivity index (χ1) is 17.4. The Morgan fingerprint density at radius 1 is 1.03 bits per heavy atom. The molecule has 0 bridgehead atoms. The third kappa shape index (κ3) is 4.83. The molecule has 0 unspecified atom stereocenters. The molecule has 1 aromatic heterocycles. The Bertz CT molecular complexity index is 1280. The van der Waals surface area contributed by atoms with Crippen LogP contribution in [0.25, 0.3) is 0 Å². The second-order valence-corrected chi connectivity index (χ2v) is 9.07. The van der Waals surface area contributed by atoms with Crippen LogP contribution in [0.4, 0.5) is 34.5 Å². The van der Waals surface area contributed by atoms with E-state index in [0.29, 0.717) is 29.7 Å². The van der Waals surface area contributed by atoms with Gasteiger partial charge in [0.05, 0.1) is 5.69 Å². The number of benzene rings is 2. The number of hydrogen-bond acceptors (Lipinski definition) is 8. The molecular weight excluding hydrogens is 454 g/mol. The van der Waals surface area contributed by atoms with Gasteiger partial charge in [0.2, 0.25) is 5.95 Å². The first-order valence-corrected chi connectivity index (χ1v) is 12.1. The fourth-order valence-corrected chi connectivity index (χ4v) is 4.36. The molecule has 9 heteroatoms. The molecule has 2 N–H and O–H groups in total. The molecule has 2 aliphatic rings. The molecule has 1 fully saturated rings. The van der Waals surface area contributed by atoms with Crippen molar-refractivity contribution in [2.24, 2.45) is 0 Å². The average Bonchev–Trinajstić information content (AvgIpc) is 2.88. The average molecular weight is 486 g/mol. The molecule has 186 valence electrons. The van der Waals surface area contributed by atoms with Crippen LogP contribution in [-0.4, -0.2) is 60.5 Å². The van der Waals surface area contributed by atoms with E-state index in [1.807, 2.05) is 32.0 Å². The van der Waals surface area contributed by atoms with Crippen LogP contribution in [-0.2, 0) is 4.79 Å². The zero-order valence-electron chi connectivity index (χ0n) is 20.9. The molecule has 3 aromatic rings. The number of carbonyl (C=O) groups is 1. The second kappa shape index (κ2) is 9.87. The van der Waals surface area contributed by atoms with E-state index in [4.69, 9.17) is 4.74 Å². The van der Waals surface area contributed by atoms with E-state index < -0.39 is 0 Å². The van der Waals surface area contributed by atoms with E-state index in [-0.39, 0.29) is 11.7 Å². The standard InChI is InChI=1S/C27H31N7O2/c1-5-34-23-16-21(8-11-24(23)36-19(3)26(34)35)29-25-18(2)17-28-27(31-25)30-20-6-9-22(10-7-20)33-14-12-32(4)13-15-33/h6-11,16-17H,3,5,12-15H2,1-2,4H3,(H2,28,29,30,31). The van der Waals surface area contributed by atoms with Crippen LogP contribution in [0.5, 0.6) is 5.75 Å². The summed E-state index contributed by atoms with van der Waals surface area (Å²) in [6.45, 7) is 12.3. The van der Waals surface area contributed by atoms with E-state index in [1.54, 1.807) is 11.1 Å². The summed E-state index contributed by atoms with van der Waals surface area (Å²) in [6, 6.07) is 14.0. The summed E-state index contributed by atoms with van der Waals surface area (Å²) >= 11 is 0. The number of amides is 1. The maximum absolute atomic E-state index is 12.4. The van der Waals surface area contributed by atoms with Crippen molar-refractivity contribution in [3.63, 3.8) is 0 Å². The number of likely N-dealkylation sites (N-methyl/N-ethyl adjacent to an activating group) is 2. The van der Waals surface area contributed by atoms with Crippen LogP contribution in [0.15, 0.2) is 61.0 Å². The minimum Gasteiger partial charge on any atom is -0.450 e.